The molecule has 0 saturated carbocycles. The van der Waals surface area contributed by atoms with Crippen molar-refractivity contribution in [3.63, 3.8) is 0 Å². The van der Waals surface area contributed by atoms with E-state index in [0.717, 1.165) is 41.1 Å². The van der Waals surface area contributed by atoms with Crippen molar-refractivity contribution in [2.75, 3.05) is 5.32 Å². The van der Waals surface area contributed by atoms with E-state index in [1.54, 1.807) is 23.7 Å². The number of fused-ring (bicyclic) bond motifs is 1. The SMILES string of the molecule is C=C(Nc1sc2c(c1C#N)CCC(S)C2)c1ccncc1. The lowest BCUT2D eigenvalue weighted by molar-refractivity contribution is 0.717. The fourth-order valence-electron chi connectivity index (χ4n) is 2.54. The molecule has 2 heterocycles. The molecule has 0 aliphatic heterocycles. The molecule has 3 rings (SSSR count). The molecule has 2 aromatic rings. The van der Waals surface area contributed by atoms with Crippen LogP contribution in [0.2, 0.25) is 0 Å². The summed E-state index contributed by atoms with van der Waals surface area (Å²) in [5.74, 6) is 0. The molecule has 0 fully saturated rings. The minimum atomic E-state index is 0.402. The van der Waals surface area contributed by atoms with Crippen LogP contribution < -0.4 is 5.32 Å². The van der Waals surface area contributed by atoms with Crippen LogP contribution in [0.1, 0.15) is 28.0 Å². The van der Waals surface area contributed by atoms with E-state index >= 15 is 0 Å². The van der Waals surface area contributed by atoms with E-state index in [4.69, 9.17) is 0 Å². The van der Waals surface area contributed by atoms with Crippen LogP contribution in [0, 0.1) is 11.3 Å². The highest BCUT2D eigenvalue weighted by Crippen LogP contribution is 2.39. The van der Waals surface area contributed by atoms with Gasteiger partial charge in [-0.05, 0) is 37.0 Å². The Balaban J connectivity index is 1.90. The van der Waals surface area contributed by atoms with Crippen LogP contribution in [0.4, 0.5) is 5.00 Å². The Morgan fingerprint density at radius 3 is 2.95 bits per heavy atom. The molecule has 0 spiro atoms. The first-order valence-corrected chi connectivity index (χ1v) is 8.11. The Labute approximate surface area is 133 Å². The molecule has 1 atom stereocenters. The van der Waals surface area contributed by atoms with Gasteiger partial charge in [0, 0.05) is 33.8 Å². The molecule has 1 unspecified atom stereocenters. The van der Waals surface area contributed by atoms with E-state index in [1.807, 2.05) is 12.1 Å². The highest BCUT2D eigenvalue weighted by atomic mass is 32.1. The van der Waals surface area contributed by atoms with Gasteiger partial charge in [-0.3, -0.25) is 4.98 Å². The normalized spacial score (nSPS) is 16.9. The number of nitriles is 1. The third-order valence-corrected chi connectivity index (χ3v) is 5.25. The lowest BCUT2D eigenvalue weighted by Gasteiger charge is -2.16. The molecule has 0 bridgehead atoms. The Bertz CT molecular complexity index is 713. The summed E-state index contributed by atoms with van der Waals surface area (Å²) in [6, 6.07) is 6.15. The maximum atomic E-state index is 9.47. The van der Waals surface area contributed by atoms with Crippen LogP contribution in [0.15, 0.2) is 31.1 Å². The summed E-state index contributed by atoms with van der Waals surface area (Å²) in [6.45, 7) is 4.06. The number of hydrogen-bond acceptors (Lipinski definition) is 5. The molecule has 1 aliphatic carbocycles. The minimum absolute atomic E-state index is 0.402. The maximum Gasteiger partial charge on any atom is 0.111 e. The van der Waals surface area contributed by atoms with Crippen molar-refractivity contribution in [3.8, 4) is 6.07 Å². The van der Waals surface area contributed by atoms with Crippen LogP contribution in [0.25, 0.3) is 5.70 Å². The second-order valence-electron chi connectivity index (χ2n) is 5.06. The van der Waals surface area contributed by atoms with Crippen LogP contribution in [-0.2, 0) is 12.8 Å². The van der Waals surface area contributed by atoms with Gasteiger partial charge in [-0.15, -0.1) is 11.3 Å². The monoisotopic (exact) mass is 313 g/mol. The van der Waals surface area contributed by atoms with Gasteiger partial charge in [-0.25, -0.2) is 0 Å². The lowest BCUT2D eigenvalue weighted by Crippen LogP contribution is -2.12. The molecule has 1 N–H and O–H groups in total. The fourth-order valence-corrected chi connectivity index (χ4v) is 4.28. The zero-order valence-corrected chi connectivity index (χ0v) is 13.2. The number of thiophene rings is 1. The number of pyridine rings is 1. The zero-order valence-electron chi connectivity index (χ0n) is 11.5. The summed E-state index contributed by atoms with van der Waals surface area (Å²) < 4.78 is 0. The number of rotatable bonds is 3. The van der Waals surface area contributed by atoms with Crippen LogP contribution >= 0.6 is 24.0 Å². The predicted octanol–water partition coefficient (Wildman–Crippen LogP) is 3.88. The van der Waals surface area contributed by atoms with Crippen LogP contribution in [0.5, 0.6) is 0 Å². The standard InChI is InChI=1S/C16H15N3S2/c1-10(11-4-6-18-7-5-11)19-16-14(9-17)13-3-2-12(20)8-15(13)21-16/h4-7,12,19-20H,1-3,8H2. The molecule has 0 saturated heterocycles. The third-order valence-electron chi connectivity index (χ3n) is 3.64. The molecule has 0 amide bonds. The average molecular weight is 313 g/mol. The van der Waals surface area contributed by atoms with Gasteiger partial charge < -0.3 is 5.32 Å². The lowest BCUT2D eigenvalue weighted by atomic mass is 9.95. The number of hydrogen-bond donors (Lipinski definition) is 2. The fraction of sp³-hybridized carbons (Fsp3) is 0.250. The Morgan fingerprint density at radius 2 is 2.24 bits per heavy atom. The highest BCUT2D eigenvalue weighted by Gasteiger charge is 2.24. The molecule has 0 aromatic carbocycles. The summed E-state index contributed by atoms with van der Waals surface area (Å²) in [4.78, 5) is 5.28. The topological polar surface area (TPSA) is 48.7 Å². The third kappa shape index (κ3) is 2.82. The van der Waals surface area contributed by atoms with Gasteiger partial charge in [0.15, 0.2) is 0 Å². The number of thiol groups is 1. The molecule has 21 heavy (non-hydrogen) atoms. The molecular formula is C16H15N3S2. The molecule has 1 aliphatic rings. The first kappa shape index (κ1) is 14.2. The van der Waals surface area contributed by atoms with Gasteiger partial charge in [0.25, 0.3) is 0 Å². The van der Waals surface area contributed by atoms with E-state index in [9.17, 15) is 5.26 Å². The van der Waals surface area contributed by atoms with Gasteiger partial charge in [-0.2, -0.15) is 17.9 Å². The quantitative estimate of drug-likeness (QED) is 0.845. The molecule has 3 nitrogen and oxygen atoms in total. The second-order valence-corrected chi connectivity index (χ2v) is 6.89. The van der Waals surface area contributed by atoms with Crippen molar-refractivity contribution < 1.29 is 0 Å². The Hall–Kier alpha value is -1.77. The summed E-state index contributed by atoms with van der Waals surface area (Å²) >= 11 is 6.22. The molecule has 5 heteroatoms. The van der Waals surface area contributed by atoms with Crippen LogP contribution in [0.3, 0.4) is 0 Å². The minimum Gasteiger partial charge on any atom is -0.346 e. The van der Waals surface area contributed by atoms with Crippen molar-refractivity contribution in [2.45, 2.75) is 24.5 Å². The molecule has 106 valence electrons. The van der Waals surface area contributed by atoms with Gasteiger partial charge in [-0.1, -0.05) is 6.58 Å². The molecule has 0 radical (unpaired) electrons. The van der Waals surface area contributed by atoms with E-state index in [1.165, 1.54) is 10.4 Å². The molecular weight excluding hydrogens is 298 g/mol. The van der Waals surface area contributed by atoms with Gasteiger partial charge >= 0.3 is 0 Å². The van der Waals surface area contributed by atoms with Gasteiger partial charge in [0.05, 0.1) is 5.56 Å². The summed E-state index contributed by atoms with van der Waals surface area (Å²) in [7, 11) is 0. The first-order chi connectivity index (χ1) is 10.2. The Kier molecular flexibility index (Phi) is 4.00. The van der Waals surface area contributed by atoms with E-state index < -0.39 is 0 Å². The Morgan fingerprint density at radius 1 is 1.48 bits per heavy atom. The van der Waals surface area contributed by atoms with Crippen molar-refractivity contribution >= 4 is 34.7 Å². The van der Waals surface area contributed by atoms with Crippen molar-refractivity contribution in [3.05, 3.63) is 52.7 Å². The van der Waals surface area contributed by atoms with Gasteiger partial charge in [0.2, 0.25) is 0 Å². The number of nitrogens with one attached hydrogen (secondary N) is 1. The predicted molar refractivity (Wildman–Crippen MR) is 90.7 cm³/mol. The van der Waals surface area contributed by atoms with Gasteiger partial charge in [0.1, 0.15) is 11.1 Å². The highest BCUT2D eigenvalue weighted by molar-refractivity contribution is 7.81. The summed E-state index contributed by atoms with van der Waals surface area (Å²) in [5, 5.41) is 14.1. The second kappa shape index (κ2) is 5.92. The van der Waals surface area contributed by atoms with E-state index in [2.05, 4.69) is 35.6 Å². The average Bonchev–Trinajstić information content (AvgIpc) is 2.84. The van der Waals surface area contributed by atoms with Crippen molar-refractivity contribution in [2.24, 2.45) is 0 Å². The number of anilines is 1. The summed E-state index contributed by atoms with van der Waals surface area (Å²) in [6.07, 6.45) is 6.39. The van der Waals surface area contributed by atoms with Crippen molar-refractivity contribution in [1.29, 1.82) is 5.26 Å². The smallest absolute Gasteiger partial charge is 0.111 e. The molecule has 2 aromatic heterocycles. The van der Waals surface area contributed by atoms with E-state index in [-0.39, 0.29) is 0 Å². The maximum absolute atomic E-state index is 9.47. The number of aromatic nitrogens is 1. The first-order valence-electron chi connectivity index (χ1n) is 6.78. The van der Waals surface area contributed by atoms with Crippen molar-refractivity contribution in [1.82, 2.24) is 4.98 Å². The van der Waals surface area contributed by atoms with E-state index in [0.29, 0.717) is 5.25 Å². The summed E-state index contributed by atoms with van der Waals surface area (Å²) in [5.41, 5.74) is 3.73. The largest absolute Gasteiger partial charge is 0.346 e. The number of nitrogens with zero attached hydrogens (tertiary/aromatic N) is 2. The van der Waals surface area contributed by atoms with Crippen LogP contribution in [-0.4, -0.2) is 10.2 Å². The zero-order chi connectivity index (χ0) is 14.8.